The molecule has 2 aromatic heterocycles. The van der Waals surface area contributed by atoms with E-state index < -0.39 is 5.97 Å². The number of aromatic amines is 1. The zero-order valence-electron chi connectivity index (χ0n) is 19.1. The number of rotatable bonds is 5. The lowest BCUT2D eigenvalue weighted by Crippen LogP contribution is -2.36. The molecule has 0 unspecified atom stereocenters. The van der Waals surface area contributed by atoms with E-state index >= 15 is 0 Å². The SMILES string of the molecule is N#CC1CCN(c2nc(Nc3ccc(N4CCC(C(=O)O)CC4)cc3)c3c(=O)[nH]ncc3n2)CC1. The Morgan fingerprint density at radius 3 is 2.40 bits per heavy atom. The molecule has 2 fully saturated rings. The first-order valence-electron chi connectivity index (χ1n) is 11.8. The van der Waals surface area contributed by atoms with E-state index in [1.807, 2.05) is 29.2 Å². The molecule has 1 aromatic carbocycles. The van der Waals surface area contributed by atoms with Gasteiger partial charge in [-0.25, -0.2) is 10.1 Å². The fourth-order valence-electron chi connectivity index (χ4n) is 4.71. The topological polar surface area (TPSA) is 151 Å². The molecule has 0 spiro atoms. The number of hydrogen-bond acceptors (Lipinski definition) is 9. The Hall–Kier alpha value is -4.20. The minimum absolute atomic E-state index is 0.0437. The third-order valence-electron chi connectivity index (χ3n) is 6.80. The van der Waals surface area contributed by atoms with Crippen LogP contribution in [0.25, 0.3) is 10.9 Å². The summed E-state index contributed by atoms with van der Waals surface area (Å²) < 4.78 is 0. The molecule has 0 atom stereocenters. The number of nitrogens with zero attached hydrogens (tertiary/aromatic N) is 6. The first kappa shape index (κ1) is 22.6. The van der Waals surface area contributed by atoms with E-state index in [-0.39, 0.29) is 17.4 Å². The second-order valence-corrected chi connectivity index (χ2v) is 8.99. The van der Waals surface area contributed by atoms with Gasteiger partial charge in [0.05, 0.1) is 18.2 Å². The van der Waals surface area contributed by atoms with Crippen molar-refractivity contribution in [3.63, 3.8) is 0 Å². The second kappa shape index (κ2) is 9.58. The van der Waals surface area contributed by atoms with Crippen LogP contribution >= 0.6 is 0 Å². The van der Waals surface area contributed by atoms with Crippen molar-refractivity contribution in [3.8, 4) is 6.07 Å². The molecule has 3 aromatic rings. The highest BCUT2D eigenvalue weighted by Gasteiger charge is 2.25. The standard InChI is InChI=1S/C24H26N8O3/c25-13-15-5-9-32(10-6-15)24-28-19-14-26-30-22(33)20(19)21(29-24)27-17-1-3-18(4-2-17)31-11-7-16(8-12-31)23(34)35/h1-4,14-16H,5-12H2,(H,30,33)(H,34,35)(H,27,28,29). The molecule has 2 saturated heterocycles. The van der Waals surface area contributed by atoms with Crippen molar-refractivity contribution in [1.29, 1.82) is 5.26 Å². The summed E-state index contributed by atoms with van der Waals surface area (Å²) in [4.78, 5) is 37.2. The lowest BCUT2D eigenvalue weighted by molar-refractivity contribution is -0.142. The minimum Gasteiger partial charge on any atom is -0.481 e. The lowest BCUT2D eigenvalue weighted by Gasteiger charge is -2.32. The van der Waals surface area contributed by atoms with Crippen LogP contribution in [0.1, 0.15) is 25.7 Å². The Morgan fingerprint density at radius 2 is 1.74 bits per heavy atom. The van der Waals surface area contributed by atoms with Gasteiger partial charge in [-0.15, -0.1) is 0 Å². The molecule has 2 aliphatic heterocycles. The highest BCUT2D eigenvalue weighted by atomic mass is 16.4. The molecule has 0 aliphatic carbocycles. The molecule has 0 radical (unpaired) electrons. The highest BCUT2D eigenvalue weighted by Crippen LogP contribution is 2.28. The van der Waals surface area contributed by atoms with E-state index in [2.05, 4.69) is 36.5 Å². The first-order valence-corrected chi connectivity index (χ1v) is 11.8. The van der Waals surface area contributed by atoms with Crippen LogP contribution in [-0.2, 0) is 4.79 Å². The van der Waals surface area contributed by atoms with Gasteiger partial charge < -0.3 is 20.2 Å². The average Bonchev–Trinajstić information content (AvgIpc) is 2.89. The molecule has 11 heteroatoms. The molecular formula is C24H26N8O3. The lowest BCUT2D eigenvalue weighted by atomic mass is 9.97. The fourth-order valence-corrected chi connectivity index (χ4v) is 4.71. The van der Waals surface area contributed by atoms with Crippen LogP contribution in [0.4, 0.5) is 23.1 Å². The number of benzene rings is 1. The highest BCUT2D eigenvalue weighted by molar-refractivity contribution is 5.90. The summed E-state index contributed by atoms with van der Waals surface area (Å²) in [5.74, 6) is -0.0546. The van der Waals surface area contributed by atoms with Crippen LogP contribution in [-0.4, -0.2) is 57.4 Å². The number of aromatic nitrogens is 4. The summed E-state index contributed by atoms with van der Waals surface area (Å²) in [7, 11) is 0. The van der Waals surface area contributed by atoms with Crippen LogP contribution in [0.5, 0.6) is 0 Å². The maximum Gasteiger partial charge on any atom is 0.306 e. The maximum absolute atomic E-state index is 12.6. The summed E-state index contributed by atoms with van der Waals surface area (Å²) >= 11 is 0. The number of carboxylic acid groups (broad SMARTS) is 1. The summed E-state index contributed by atoms with van der Waals surface area (Å²) in [5.41, 5.74) is 1.86. The average molecular weight is 475 g/mol. The van der Waals surface area contributed by atoms with Gasteiger partial charge in [0, 0.05) is 43.5 Å². The van der Waals surface area contributed by atoms with Crippen LogP contribution < -0.4 is 20.7 Å². The molecule has 0 amide bonds. The zero-order chi connectivity index (χ0) is 24.4. The monoisotopic (exact) mass is 474 g/mol. The molecule has 5 rings (SSSR count). The number of nitrogens with one attached hydrogen (secondary N) is 2. The van der Waals surface area contributed by atoms with Gasteiger partial charge in [-0.1, -0.05) is 0 Å². The summed E-state index contributed by atoms with van der Waals surface area (Å²) in [6, 6.07) is 10.1. The number of aliphatic carboxylic acids is 1. The van der Waals surface area contributed by atoms with Gasteiger partial charge in [0.2, 0.25) is 5.95 Å². The largest absolute Gasteiger partial charge is 0.481 e. The number of piperidine rings is 2. The van der Waals surface area contributed by atoms with Gasteiger partial charge in [-0.3, -0.25) is 9.59 Å². The van der Waals surface area contributed by atoms with E-state index in [4.69, 9.17) is 0 Å². The van der Waals surface area contributed by atoms with Gasteiger partial charge >= 0.3 is 5.97 Å². The number of carboxylic acids is 1. The number of carbonyl (C=O) groups is 1. The maximum atomic E-state index is 12.6. The second-order valence-electron chi connectivity index (χ2n) is 8.99. The minimum atomic E-state index is -0.722. The van der Waals surface area contributed by atoms with Crippen LogP contribution in [0.15, 0.2) is 35.3 Å². The van der Waals surface area contributed by atoms with Crippen molar-refractivity contribution >= 4 is 40.0 Å². The van der Waals surface area contributed by atoms with E-state index in [0.29, 0.717) is 61.7 Å². The number of nitriles is 1. The quantitative estimate of drug-likeness (QED) is 0.503. The third kappa shape index (κ3) is 4.73. The molecular weight excluding hydrogens is 448 g/mol. The predicted molar refractivity (Wildman–Crippen MR) is 131 cm³/mol. The third-order valence-corrected chi connectivity index (χ3v) is 6.80. The number of H-pyrrole nitrogens is 1. The molecule has 11 nitrogen and oxygen atoms in total. The van der Waals surface area contributed by atoms with Crippen molar-refractivity contribution in [2.45, 2.75) is 25.7 Å². The van der Waals surface area contributed by atoms with E-state index in [9.17, 15) is 20.0 Å². The number of anilines is 4. The predicted octanol–water partition coefficient (Wildman–Crippen LogP) is 2.50. The molecule has 0 bridgehead atoms. The van der Waals surface area contributed by atoms with Crippen molar-refractivity contribution in [2.24, 2.45) is 11.8 Å². The number of fused-ring (bicyclic) bond motifs is 1. The van der Waals surface area contributed by atoms with Crippen LogP contribution in [0.3, 0.4) is 0 Å². The van der Waals surface area contributed by atoms with Crippen LogP contribution in [0, 0.1) is 23.2 Å². The van der Waals surface area contributed by atoms with Crippen molar-refractivity contribution < 1.29 is 9.90 Å². The van der Waals surface area contributed by atoms with Gasteiger partial charge in [-0.05, 0) is 49.9 Å². The van der Waals surface area contributed by atoms with E-state index in [1.54, 1.807) is 0 Å². The zero-order valence-corrected chi connectivity index (χ0v) is 19.1. The van der Waals surface area contributed by atoms with Gasteiger partial charge in [-0.2, -0.15) is 15.3 Å². The van der Waals surface area contributed by atoms with Gasteiger partial charge in [0.1, 0.15) is 16.7 Å². The summed E-state index contributed by atoms with van der Waals surface area (Å²) in [5, 5.41) is 28.3. The number of hydrogen-bond donors (Lipinski definition) is 3. The van der Waals surface area contributed by atoms with Gasteiger partial charge in [0.15, 0.2) is 0 Å². The van der Waals surface area contributed by atoms with E-state index in [0.717, 1.165) is 24.2 Å². The molecule has 35 heavy (non-hydrogen) atoms. The van der Waals surface area contributed by atoms with Crippen molar-refractivity contribution in [1.82, 2.24) is 20.2 Å². The molecule has 4 heterocycles. The Kier molecular flexibility index (Phi) is 6.18. The van der Waals surface area contributed by atoms with Crippen LogP contribution in [0.2, 0.25) is 0 Å². The Morgan fingerprint density at radius 1 is 1.06 bits per heavy atom. The smallest absolute Gasteiger partial charge is 0.306 e. The van der Waals surface area contributed by atoms with Gasteiger partial charge in [0.25, 0.3) is 5.56 Å². The summed E-state index contributed by atoms with van der Waals surface area (Å²) in [6.07, 6.45) is 4.28. The molecule has 180 valence electrons. The molecule has 0 saturated carbocycles. The Bertz CT molecular complexity index is 1320. The first-order chi connectivity index (χ1) is 17.0. The summed E-state index contributed by atoms with van der Waals surface area (Å²) in [6.45, 7) is 2.75. The van der Waals surface area contributed by atoms with Crippen molar-refractivity contribution in [3.05, 3.63) is 40.8 Å². The fraction of sp³-hybridized carbons (Fsp3) is 0.417. The molecule has 2 aliphatic rings. The van der Waals surface area contributed by atoms with Crippen molar-refractivity contribution in [2.75, 3.05) is 41.3 Å². The normalized spacial score (nSPS) is 17.3. The molecule has 3 N–H and O–H groups in total. The Labute approximate surface area is 201 Å². The Balaban J connectivity index is 1.38. The van der Waals surface area contributed by atoms with E-state index in [1.165, 1.54) is 6.20 Å².